The van der Waals surface area contributed by atoms with Gasteiger partial charge in [0, 0.05) is 28.2 Å². The molecule has 0 atom stereocenters. The normalized spacial score (nSPS) is 11.2. The van der Waals surface area contributed by atoms with Crippen molar-refractivity contribution in [3.8, 4) is 16.8 Å². The number of fused-ring (bicyclic) bond motifs is 1. The first-order valence-electron chi connectivity index (χ1n) is 11.3. The third-order valence-corrected chi connectivity index (χ3v) is 6.08. The molecule has 166 valence electrons. The molecule has 0 aliphatic carbocycles. The topological polar surface area (TPSA) is 46.4 Å². The Bertz CT molecular complexity index is 1500. The number of nitrogens with one attached hydrogen (secondary N) is 1. The van der Waals surface area contributed by atoms with Crippen LogP contribution in [0.3, 0.4) is 0 Å². The fraction of sp³-hybridized carbons (Fsp3) is 0.0667. The van der Waals surface area contributed by atoms with Crippen LogP contribution in [0.4, 0.5) is 0 Å². The van der Waals surface area contributed by atoms with Gasteiger partial charge in [-0.05, 0) is 66.1 Å². The molecule has 5 aromatic rings. The number of hydrogen-bond donors (Lipinski definition) is 1. The second-order valence-electron chi connectivity index (χ2n) is 8.34. The number of carbonyl (C=O) groups is 1. The van der Waals surface area contributed by atoms with Crippen molar-refractivity contribution in [1.82, 2.24) is 9.99 Å². The van der Waals surface area contributed by atoms with Gasteiger partial charge in [0.05, 0.1) is 6.21 Å². The molecule has 34 heavy (non-hydrogen) atoms. The monoisotopic (exact) mass is 443 g/mol. The lowest BCUT2D eigenvalue weighted by Crippen LogP contribution is -2.17. The second-order valence-corrected chi connectivity index (χ2v) is 8.34. The zero-order valence-corrected chi connectivity index (χ0v) is 19.2. The number of rotatable bonds is 5. The van der Waals surface area contributed by atoms with Crippen LogP contribution in [0.1, 0.15) is 27.3 Å². The number of aromatic nitrogens is 1. The molecule has 1 heterocycles. The average Bonchev–Trinajstić information content (AvgIpc) is 3.17. The van der Waals surface area contributed by atoms with Crippen LogP contribution in [0.5, 0.6) is 0 Å². The maximum absolute atomic E-state index is 12.6. The van der Waals surface area contributed by atoms with Crippen LogP contribution in [0.25, 0.3) is 27.6 Å². The average molecular weight is 444 g/mol. The molecule has 0 saturated carbocycles. The van der Waals surface area contributed by atoms with E-state index in [9.17, 15) is 4.79 Å². The molecule has 0 bridgehead atoms. The Morgan fingerprint density at radius 2 is 1.44 bits per heavy atom. The number of nitrogens with zero attached hydrogens (tertiary/aromatic N) is 2. The molecule has 1 aromatic heterocycles. The van der Waals surface area contributed by atoms with Gasteiger partial charge in [-0.25, -0.2) is 5.43 Å². The van der Waals surface area contributed by atoms with Gasteiger partial charge in [-0.3, -0.25) is 4.79 Å². The molecule has 4 nitrogen and oxygen atoms in total. The summed E-state index contributed by atoms with van der Waals surface area (Å²) in [5.74, 6) is -0.229. The summed E-state index contributed by atoms with van der Waals surface area (Å²) < 4.78 is 2.20. The van der Waals surface area contributed by atoms with Gasteiger partial charge in [-0.1, -0.05) is 72.8 Å². The maximum atomic E-state index is 12.6. The molecule has 4 aromatic carbocycles. The molecule has 1 N–H and O–H groups in total. The molecular weight excluding hydrogens is 418 g/mol. The SMILES string of the molecule is Cc1cc(/C=N\NC(=O)c2ccc3ccccc3c2)c(C)n1-c1ccc(-c2ccccc2)cc1. The zero-order valence-electron chi connectivity index (χ0n) is 19.2. The second kappa shape index (κ2) is 9.20. The van der Waals surface area contributed by atoms with E-state index in [1.807, 2.05) is 60.7 Å². The third kappa shape index (κ3) is 4.26. The summed E-state index contributed by atoms with van der Waals surface area (Å²) in [4.78, 5) is 12.6. The van der Waals surface area contributed by atoms with Gasteiger partial charge in [-0.15, -0.1) is 0 Å². The minimum absolute atomic E-state index is 0.229. The molecule has 4 heteroatoms. The molecule has 0 saturated heterocycles. The van der Waals surface area contributed by atoms with Crippen molar-refractivity contribution < 1.29 is 4.79 Å². The van der Waals surface area contributed by atoms with E-state index < -0.39 is 0 Å². The third-order valence-electron chi connectivity index (χ3n) is 6.08. The van der Waals surface area contributed by atoms with Crippen LogP contribution < -0.4 is 5.43 Å². The summed E-state index contributed by atoms with van der Waals surface area (Å²) in [6, 6.07) is 34.6. The van der Waals surface area contributed by atoms with Crippen LogP contribution in [0.15, 0.2) is 108 Å². The molecule has 5 rings (SSSR count). The van der Waals surface area contributed by atoms with Crippen molar-refractivity contribution in [3.05, 3.63) is 126 Å². The van der Waals surface area contributed by atoms with Gasteiger partial charge >= 0.3 is 0 Å². The molecular formula is C30H25N3O. The highest BCUT2D eigenvalue weighted by molar-refractivity contribution is 5.99. The Hall–Kier alpha value is -4.44. The van der Waals surface area contributed by atoms with Crippen molar-refractivity contribution in [2.24, 2.45) is 5.10 Å². The highest BCUT2D eigenvalue weighted by Gasteiger charge is 2.10. The van der Waals surface area contributed by atoms with Crippen molar-refractivity contribution >= 4 is 22.9 Å². The maximum Gasteiger partial charge on any atom is 0.271 e. The van der Waals surface area contributed by atoms with Gasteiger partial charge in [-0.2, -0.15) is 5.10 Å². The standard InChI is InChI=1S/C30H25N3O/c1-21-18-28(20-31-32-30(34)27-13-12-24-10-6-7-11-26(24)19-27)22(2)33(21)29-16-14-25(15-17-29)23-8-4-3-5-9-23/h3-20H,1-2H3,(H,32,34)/b31-20-. The first-order valence-corrected chi connectivity index (χ1v) is 11.3. The van der Waals surface area contributed by atoms with E-state index in [1.165, 1.54) is 11.1 Å². The lowest BCUT2D eigenvalue weighted by Gasteiger charge is -2.11. The Morgan fingerprint density at radius 1 is 0.765 bits per heavy atom. The van der Waals surface area contributed by atoms with E-state index in [0.717, 1.165) is 33.4 Å². The Kier molecular flexibility index (Phi) is 5.79. The Labute approximate surface area is 199 Å². The van der Waals surface area contributed by atoms with Crippen molar-refractivity contribution in [3.63, 3.8) is 0 Å². The van der Waals surface area contributed by atoms with E-state index in [4.69, 9.17) is 0 Å². The molecule has 1 amide bonds. The van der Waals surface area contributed by atoms with Crippen molar-refractivity contribution in [2.75, 3.05) is 0 Å². The summed E-state index contributed by atoms with van der Waals surface area (Å²) in [5.41, 5.74) is 9.84. The van der Waals surface area contributed by atoms with Gasteiger partial charge in [0.2, 0.25) is 0 Å². The fourth-order valence-electron chi connectivity index (χ4n) is 4.30. The summed E-state index contributed by atoms with van der Waals surface area (Å²) in [6.45, 7) is 4.13. The largest absolute Gasteiger partial charge is 0.318 e. The van der Waals surface area contributed by atoms with Crippen LogP contribution in [0.2, 0.25) is 0 Å². The highest BCUT2D eigenvalue weighted by atomic mass is 16.2. The van der Waals surface area contributed by atoms with E-state index in [2.05, 4.69) is 71.4 Å². The molecule has 0 radical (unpaired) electrons. The Balaban J connectivity index is 1.33. The number of carbonyl (C=O) groups excluding carboxylic acids is 1. The van der Waals surface area contributed by atoms with E-state index in [0.29, 0.717) is 5.56 Å². The van der Waals surface area contributed by atoms with Gasteiger partial charge in [0.25, 0.3) is 5.91 Å². The first-order chi connectivity index (χ1) is 16.6. The van der Waals surface area contributed by atoms with Crippen molar-refractivity contribution in [1.29, 1.82) is 0 Å². The molecule has 0 unspecified atom stereocenters. The zero-order chi connectivity index (χ0) is 23.5. The van der Waals surface area contributed by atoms with Crippen LogP contribution in [-0.4, -0.2) is 16.7 Å². The smallest absolute Gasteiger partial charge is 0.271 e. The number of benzene rings is 4. The first kappa shape index (κ1) is 21.4. The predicted octanol–water partition coefficient (Wildman–Crippen LogP) is 6.68. The Morgan fingerprint density at radius 3 is 2.21 bits per heavy atom. The quantitative estimate of drug-likeness (QED) is 0.239. The molecule has 0 aliphatic heterocycles. The summed E-state index contributed by atoms with van der Waals surface area (Å²) >= 11 is 0. The highest BCUT2D eigenvalue weighted by Crippen LogP contribution is 2.24. The van der Waals surface area contributed by atoms with Gasteiger partial charge in [0.1, 0.15) is 0 Å². The van der Waals surface area contributed by atoms with Crippen LogP contribution in [-0.2, 0) is 0 Å². The van der Waals surface area contributed by atoms with Crippen LogP contribution in [0, 0.1) is 13.8 Å². The number of hydrazone groups is 1. The summed E-state index contributed by atoms with van der Waals surface area (Å²) in [7, 11) is 0. The van der Waals surface area contributed by atoms with E-state index in [-0.39, 0.29) is 5.91 Å². The van der Waals surface area contributed by atoms with Gasteiger partial charge in [0.15, 0.2) is 0 Å². The van der Waals surface area contributed by atoms with Gasteiger partial charge < -0.3 is 4.57 Å². The minimum Gasteiger partial charge on any atom is -0.318 e. The summed E-state index contributed by atoms with van der Waals surface area (Å²) in [5, 5.41) is 6.36. The number of aryl methyl sites for hydroxylation is 1. The molecule has 0 fully saturated rings. The van der Waals surface area contributed by atoms with E-state index >= 15 is 0 Å². The fourth-order valence-corrected chi connectivity index (χ4v) is 4.30. The summed E-state index contributed by atoms with van der Waals surface area (Å²) in [6.07, 6.45) is 1.70. The lowest BCUT2D eigenvalue weighted by molar-refractivity contribution is 0.0955. The number of amides is 1. The van der Waals surface area contributed by atoms with E-state index in [1.54, 1.807) is 6.21 Å². The minimum atomic E-state index is -0.229. The van der Waals surface area contributed by atoms with Crippen LogP contribution >= 0.6 is 0 Å². The molecule has 0 spiro atoms. The van der Waals surface area contributed by atoms with Crippen molar-refractivity contribution in [2.45, 2.75) is 13.8 Å². The number of hydrogen-bond acceptors (Lipinski definition) is 2. The molecule has 0 aliphatic rings. The predicted molar refractivity (Wildman–Crippen MR) is 140 cm³/mol. The lowest BCUT2D eigenvalue weighted by atomic mass is 10.1.